The number of benzene rings is 2. The topological polar surface area (TPSA) is 68.9 Å². The average Bonchev–Trinajstić information content (AvgIpc) is 2.58. The van der Waals surface area contributed by atoms with Gasteiger partial charge < -0.3 is 20.5 Å². The number of hydrogen-bond donors (Lipinski definition) is 2. The highest BCUT2D eigenvalue weighted by molar-refractivity contribution is 14.0. The van der Waals surface area contributed by atoms with Crippen molar-refractivity contribution in [2.75, 3.05) is 20.8 Å². The van der Waals surface area contributed by atoms with Gasteiger partial charge in [-0.15, -0.1) is 24.0 Å². The minimum Gasteiger partial charge on any atom is -0.493 e. The Morgan fingerprint density at radius 1 is 1.00 bits per heavy atom. The van der Waals surface area contributed by atoms with E-state index in [1.165, 1.54) is 12.1 Å². The van der Waals surface area contributed by atoms with Gasteiger partial charge in [0.2, 0.25) is 0 Å². The molecule has 2 aromatic carbocycles. The Bertz CT molecular complexity index is 737. The van der Waals surface area contributed by atoms with Crippen molar-refractivity contribution in [3.8, 4) is 11.5 Å². The molecule has 0 atom stereocenters. The fourth-order valence-corrected chi connectivity index (χ4v) is 2.30. The molecule has 142 valence electrons. The van der Waals surface area contributed by atoms with Crippen molar-refractivity contribution in [1.82, 2.24) is 5.32 Å². The Kier molecular flexibility index (Phi) is 9.11. The first-order valence-corrected chi connectivity index (χ1v) is 7.71. The third-order valence-corrected chi connectivity index (χ3v) is 3.52. The molecule has 0 saturated carbocycles. The van der Waals surface area contributed by atoms with Crippen molar-refractivity contribution in [3.63, 3.8) is 0 Å². The highest BCUT2D eigenvalue weighted by Crippen LogP contribution is 2.27. The van der Waals surface area contributed by atoms with Gasteiger partial charge in [-0.2, -0.15) is 0 Å². The largest absolute Gasteiger partial charge is 0.493 e. The molecule has 0 spiro atoms. The number of nitrogens with one attached hydrogen (secondary N) is 1. The Balaban J connectivity index is 0.00000338. The molecule has 2 aromatic rings. The van der Waals surface area contributed by atoms with E-state index in [0.717, 1.165) is 11.6 Å². The van der Waals surface area contributed by atoms with Crippen LogP contribution in [0.2, 0.25) is 0 Å². The highest BCUT2D eigenvalue weighted by Gasteiger charge is 2.04. The fourth-order valence-electron chi connectivity index (χ4n) is 2.30. The van der Waals surface area contributed by atoms with Crippen molar-refractivity contribution in [2.24, 2.45) is 10.7 Å². The van der Waals surface area contributed by atoms with Gasteiger partial charge in [-0.1, -0.05) is 6.07 Å². The number of methoxy groups -OCH3 is 2. The minimum absolute atomic E-state index is 0. The molecule has 0 radical (unpaired) electrons. The summed E-state index contributed by atoms with van der Waals surface area (Å²) in [6.07, 6.45) is 0.432. The van der Waals surface area contributed by atoms with Gasteiger partial charge >= 0.3 is 0 Å². The van der Waals surface area contributed by atoms with Crippen molar-refractivity contribution in [3.05, 3.63) is 59.2 Å². The van der Waals surface area contributed by atoms with E-state index in [2.05, 4.69) is 10.3 Å². The predicted molar refractivity (Wildman–Crippen MR) is 108 cm³/mol. The maximum absolute atomic E-state index is 13.1. The summed E-state index contributed by atoms with van der Waals surface area (Å²) in [5, 5.41) is 2.92. The number of hydrogen-bond acceptors (Lipinski definition) is 3. The third-order valence-electron chi connectivity index (χ3n) is 3.52. The first-order chi connectivity index (χ1) is 12.0. The maximum atomic E-state index is 13.1. The van der Waals surface area contributed by atoms with Crippen LogP contribution in [-0.4, -0.2) is 26.7 Å². The molecule has 0 aromatic heterocycles. The van der Waals surface area contributed by atoms with Gasteiger partial charge in [0.05, 0.1) is 20.8 Å². The standard InChI is InChI=1S/C18H21F2N3O2.HI/c1-24-16-4-3-13(9-17(16)25-2)11-23-18(21)22-6-5-12-7-14(19)10-15(20)8-12;/h3-4,7-10H,5-6,11H2,1-2H3,(H3,21,22,23);1H. The van der Waals surface area contributed by atoms with Crippen molar-refractivity contribution in [2.45, 2.75) is 13.0 Å². The number of aliphatic imine (C=N–C) groups is 1. The van der Waals surface area contributed by atoms with Crippen LogP contribution in [0.15, 0.2) is 41.4 Å². The molecule has 0 fully saturated rings. The molecular weight excluding hydrogens is 455 g/mol. The second-order valence-electron chi connectivity index (χ2n) is 5.35. The Morgan fingerprint density at radius 2 is 1.65 bits per heavy atom. The number of nitrogens with two attached hydrogens (primary N) is 1. The Hall–Kier alpha value is -2.10. The molecule has 0 amide bonds. The smallest absolute Gasteiger partial charge is 0.188 e. The monoisotopic (exact) mass is 477 g/mol. The number of ether oxygens (including phenoxy) is 2. The van der Waals surface area contributed by atoms with Crippen LogP contribution in [0.25, 0.3) is 0 Å². The second kappa shape index (κ2) is 10.8. The minimum atomic E-state index is -0.593. The molecule has 0 aliphatic heterocycles. The van der Waals surface area contributed by atoms with E-state index >= 15 is 0 Å². The molecule has 0 saturated heterocycles. The number of nitrogens with zero attached hydrogens (tertiary/aromatic N) is 1. The van der Waals surface area contributed by atoms with Gasteiger partial charge in [-0.25, -0.2) is 13.8 Å². The van der Waals surface area contributed by atoms with Crippen molar-refractivity contribution in [1.29, 1.82) is 0 Å². The lowest BCUT2D eigenvalue weighted by Crippen LogP contribution is -2.33. The van der Waals surface area contributed by atoms with E-state index in [-0.39, 0.29) is 29.9 Å². The van der Waals surface area contributed by atoms with Crippen LogP contribution in [0.1, 0.15) is 11.1 Å². The highest BCUT2D eigenvalue weighted by atomic mass is 127. The molecule has 2 rings (SSSR count). The van der Waals surface area contributed by atoms with Gasteiger partial charge in [-0.05, 0) is 41.8 Å². The summed E-state index contributed by atoms with van der Waals surface area (Å²) in [4.78, 5) is 4.23. The molecule has 0 unspecified atom stereocenters. The first-order valence-electron chi connectivity index (χ1n) is 7.71. The Morgan fingerprint density at radius 3 is 2.27 bits per heavy atom. The van der Waals surface area contributed by atoms with Gasteiger partial charge in [-0.3, -0.25) is 0 Å². The van der Waals surface area contributed by atoms with Crippen LogP contribution < -0.4 is 20.5 Å². The SMILES string of the molecule is COc1ccc(CN=C(N)NCCc2cc(F)cc(F)c2)cc1OC.I. The number of halogens is 3. The van der Waals surface area contributed by atoms with Crippen LogP contribution in [0.4, 0.5) is 8.78 Å². The lowest BCUT2D eigenvalue weighted by molar-refractivity contribution is 0.354. The number of rotatable bonds is 7. The zero-order valence-electron chi connectivity index (χ0n) is 14.6. The molecule has 3 N–H and O–H groups in total. The van der Waals surface area contributed by atoms with Crippen LogP contribution in [0.5, 0.6) is 11.5 Å². The maximum Gasteiger partial charge on any atom is 0.188 e. The summed E-state index contributed by atoms with van der Waals surface area (Å²) in [5.74, 6) is 0.334. The lowest BCUT2D eigenvalue weighted by atomic mass is 10.1. The van der Waals surface area contributed by atoms with E-state index < -0.39 is 11.6 Å². The van der Waals surface area contributed by atoms with Crippen LogP contribution >= 0.6 is 24.0 Å². The summed E-state index contributed by atoms with van der Waals surface area (Å²) in [6.45, 7) is 0.790. The van der Waals surface area contributed by atoms with Gasteiger partial charge in [0.15, 0.2) is 17.5 Å². The van der Waals surface area contributed by atoms with E-state index in [4.69, 9.17) is 15.2 Å². The Labute approximate surface area is 168 Å². The molecular formula is C18H22F2IN3O2. The molecule has 0 heterocycles. The molecule has 5 nitrogen and oxygen atoms in total. The normalized spacial score (nSPS) is 10.8. The van der Waals surface area contributed by atoms with E-state index in [1.807, 2.05) is 12.1 Å². The second-order valence-corrected chi connectivity index (χ2v) is 5.35. The van der Waals surface area contributed by atoms with Crippen molar-refractivity contribution < 1.29 is 18.3 Å². The van der Waals surface area contributed by atoms with E-state index in [0.29, 0.717) is 36.6 Å². The zero-order valence-corrected chi connectivity index (χ0v) is 16.9. The van der Waals surface area contributed by atoms with Crippen LogP contribution in [0, 0.1) is 11.6 Å². The molecule has 8 heteroatoms. The summed E-state index contributed by atoms with van der Waals surface area (Å²) < 4.78 is 36.6. The van der Waals surface area contributed by atoms with Crippen molar-refractivity contribution >= 4 is 29.9 Å². The first kappa shape index (κ1) is 21.9. The third kappa shape index (κ3) is 6.66. The predicted octanol–water partition coefficient (Wildman–Crippen LogP) is 3.25. The average molecular weight is 477 g/mol. The molecule has 26 heavy (non-hydrogen) atoms. The molecule has 0 aliphatic rings. The number of guanidine groups is 1. The van der Waals surface area contributed by atoms with Crippen LogP contribution in [-0.2, 0) is 13.0 Å². The van der Waals surface area contributed by atoms with E-state index in [9.17, 15) is 8.78 Å². The van der Waals surface area contributed by atoms with Gasteiger partial charge in [0.25, 0.3) is 0 Å². The zero-order chi connectivity index (χ0) is 18.2. The summed E-state index contributed by atoms with van der Waals surface area (Å²) >= 11 is 0. The quantitative estimate of drug-likeness (QED) is 0.365. The summed E-state index contributed by atoms with van der Waals surface area (Å²) in [7, 11) is 3.14. The molecule has 0 bridgehead atoms. The van der Waals surface area contributed by atoms with Gasteiger partial charge in [0, 0.05) is 12.6 Å². The van der Waals surface area contributed by atoms with Crippen LogP contribution in [0.3, 0.4) is 0 Å². The summed E-state index contributed by atoms with van der Waals surface area (Å²) in [6, 6.07) is 8.92. The lowest BCUT2D eigenvalue weighted by Gasteiger charge is -2.09. The van der Waals surface area contributed by atoms with Gasteiger partial charge in [0.1, 0.15) is 11.6 Å². The summed E-state index contributed by atoms with van der Waals surface area (Å²) in [5.41, 5.74) is 7.27. The van der Waals surface area contributed by atoms with E-state index in [1.54, 1.807) is 20.3 Å². The molecule has 0 aliphatic carbocycles. The fraction of sp³-hybridized carbons (Fsp3) is 0.278.